The third-order valence-corrected chi connectivity index (χ3v) is 3.56. The van der Waals surface area contributed by atoms with Crippen LogP contribution < -0.4 is 0 Å². The van der Waals surface area contributed by atoms with Crippen molar-refractivity contribution in [3.63, 3.8) is 0 Å². The van der Waals surface area contributed by atoms with Crippen molar-refractivity contribution in [3.8, 4) is 0 Å². The molecule has 0 amide bonds. The van der Waals surface area contributed by atoms with Gasteiger partial charge in [-0.3, -0.25) is 14.8 Å². The van der Waals surface area contributed by atoms with Crippen LogP contribution in [-0.2, 0) is 16.5 Å². The Bertz CT molecular complexity index is 494. The maximum absolute atomic E-state index is 11.0. The van der Waals surface area contributed by atoms with E-state index in [1.807, 2.05) is 6.92 Å². The molecule has 1 aliphatic heterocycles. The molecular formula is C11H15N3O4. The van der Waals surface area contributed by atoms with E-state index in [-0.39, 0.29) is 17.4 Å². The molecule has 2 atom stereocenters. The standard InChI is InChI=1S/C11H15N3O4/c1-7-5-11(3-4-11)18-10(17-7)9-8(14(15)16)6-12-13(9)2/h6-7,10H,3-5H2,1-2H3/t7-,10-/m1/s1. The highest BCUT2D eigenvalue weighted by molar-refractivity contribution is 5.34. The predicted molar refractivity (Wildman–Crippen MR) is 60.8 cm³/mol. The summed E-state index contributed by atoms with van der Waals surface area (Å²) in [6.07, 6.45) is 3.45. The zero-order chi connectivity index (χ0) is 12.9. The second-order valence-electron chi connectivity index (χ2n) is 5.08. The molecule has 98 valence electrons. The molecule has 2 fully saturated rings. The zero-order valence-electron chi connectivity index (χ0n) is 10.3. The molecule has 1 aromatic heterocycles. The van der Waals surface area contributed by atoms with E-state index in [9.17, 15) is 10.1 Å². The Hall–Kier alpha value is -1.47. The molecule has 0 radical (unpaired) electrons. The first-order valence-electron chi connectivity index (χ1n) is 6.00. The lowest BCUT2D eigenvalue weighted by Crippen LogP contribution is -2.34. The third kappa shape index (κ3) is 1.79. The molecular weight excluding hydrogens is 238 g/mol. The molecule has 1 aliphatic carbocycles. The van der Waals surface area contributed by atoms with Gasteiger partial charge < -0.3 is 9.47 Å². The summed E-state index contributed by atoms with van der Waals surface area (Å²) in [5, 5.41) is 14.9. The molecule has 3 rings (SSSR count). The number of ether oxygens (including phenoxy) is 2. The molecule has 1 saturated carbocycles. The minimum absolute atomic E-state index is 0.0424. The fraction of sp³-hybridized carbons (Fsp3) is 0.727. The van der Waals surface area contributed by atoms with Crippen molar-refractivity contribution in [2.45, 2.75) is 44.2 Å². The van der Waals surface area contributed by atoms with E-state index in [0.29, 0.717) is 5.69 Å². The van der Waals surface area contributed by atoms with Gasteiger partial charge in [-0.1, -0.05) is 0 Å². The van der Waals surface area contributed by atoms with Crippen molar-refractivity contribution in [2.24, 2.45) is 7.05 Å². The number of rotatable bonds is 2. The van der Waals surface area contributed by atoms with E-state index in [0.717, 1.165) is 19.3 Å². The Morgan fingerprint density at radius 3 is 2.94 bits per heavy atom. The lowest BCUT2D eigenvalue weighted by molar-refractivity contribution is -0.388. The Labute approximate surface area is 104 Å². The van der Waals surface area contributed by atoms with Gasteiger partial charge in [0.15, 0.2) is 5.69 Å². The summed E-state index contributed by atoms with van der Waals surface area (Å²) < 4.78 is 13.0. The van der Waals surface area contributed by atoms with Crippen molar-refractivity contribution in [2.75, 3.05) is 0 Å². The fourth-order valence-corrected chi connectivity index (χ4v) is 2.52. The van der Waals surface area contributed by atoms with E-state index in [2.05, 4.69) is 5.10 Å². The molecule has 7 nitrogen and oxygen atoms in total. The predicted octanol–water partition coefficient (Wildman–Crippen LogP) is 1.68. The second kappa shape index (κ2) is 3.76. The van der Waals surface area contributed by atoms with Crippen LogP contribution in [-0.4, -0.2) is 26.4 Å². The van der Waals surface area contributed by atoms with E-state index in [1.165, 1.54) is 10.9 Å². The largest absolute Gasteiger partial charge is 0.344 e. The minimum Gasteiger partial charge on any atom is -0.344 e. The first-order valence-corrected chi connectivity index (χ1v) is 6.00. The summed E-state index contributed by atoms with van der Waals surface area (Å²) in [5.74, 6) is 0. The summed E-state index contributed by atoms with van der Waals surface area (Å²) in [6.45, 7) is 1.97. The highest BCUT2D eigenvalue weighted by Crippen LogP contribution is 2.51. The summed E-state index contributed by atoms with van der Waals surface area (Å²) in [4.78, 5) is 10.5. The van der Waals surface area contributed by atoms with Gasteiger partial charge in [0.25, 0.3) is 0 Å². The number of hydrogen-bond acceptors (Lipinski definition) is 5. The fourth-order valence-electron chi connectivity index (χ4n) is 2.52. The van der Waals surface area contributed by atoms with Crippen molar-refractivity contribution in [3.05, 3.63) is 22.0 Å². The topological polar surface area (TPSA) is 79.4 Å². The SMILES string of the molecule is C[C@@H]1CC2(CC2)O[C@H](c2c([N+](=O)[O-])cnn2C)O1. The molecule has 0 unspecified atom stereocenters. The summed E-state index contributed by atoms with van der Waals surface area (Å²) in [5.41, 5.74) is 0.214. The van der Waals surface area contributed by atoms with Crippen LogP contribution in [0.4, 0.5) is 5.69 Å². The van der Waals surface area contributed by atoms with Gasteiger partial charge in [0.1, 0.15) is 6.20 Å². The van der Waals surface area contributed by atoms with Gasteiger partial charge in [0.2, 0.25) is 6.29 Å². The first kappa shape index (κ1) is 11.6. The van der Waals surface area contributed by atoms with Gasteiger partial charge in [-0.15, -0.1) is 0 Å². The molecule has 18 heavy (non-hydrogen) atoms. The molecule has 2 heterocycles. The number of aryl methyl sites for hydroxylation is 1. The first-order chi connectivity index (χ1) is 8.51. The lowest BCUT2D eigenvalue weighted by Gasteiger charge is -2.34. The third-order valence-electron chi connectivity index (χ3n) is 3.56. The quantitative estimate of drug-likeness (QED) is 0.591. The van der Waals surface area contributed by atoms with Gasteiger partial charge in [0.05, 0.1) is 16.6 Å². The Kier molecular flexibility index (Phi) is 2.43. The second-order valence-corrected chi connectivity index (χ2v) is 5.08. The van der Waals surface area contributed by atoms with Crippen LogP contribution in [0.1, 0.15) is 38.2 Å². The molecule has 0 aromatic carbocycles. The van der Waals surface area contributed by atoms with Crippen LogP contribution >= 0.6 is 0 Å². The monoisotopic (exact) mass is 253 g/mol. The van der Waals surface area contributed by atoms with Crippen molar-refractivity contribution in [1.29, 1.82) is 0 Å². The summed E-state index contributed by atoms with van der Waals surface area (Å²) in [6, 6.07) is 0. The Morgan fingerprint density at radius 1 is 1.61 bits per heavy atom. The van der Waals surface area contributed by atoms with Gasteiger partial charge in [0, 0.05) is 13.5 Å². The van der Waals surface area contributed by atoms with Crippen molar-refractivity contribution in [1.82, 2.24) is 9.78 Å². The van der Waals surface area contributed by atoms with Gasteiger partial charge in [-0.05, 0) is 19.8 Å². The van der Waals surface area contributed by atoms with E-state index >= 15 is 0 Å². The van der Waals surface area contributed by atoms with Crippen LogP contribution in [0.3, 0.4) is 0 Å². The number of hydrogen-bond donors (Lipinski definition) is 0. The average molecular weight is 253 g/mol. The zero-order valence-corrected chi connectivity index (χ0v) is 10.3. The minimum atomic E-state index is -0.691. The van der Waals surface area contributed by atoms with Crippen LogP contribution in [0, 0.1) is 10.1 Å². The summed E-state index contributed by atoms with van der Waals surface area (Å²) in [7, 11) is 1.66. The molecule has 1 saturated heterocycles. The van der Waals surface area contributed by atoms with Crippen LogP contribution in [0.15, 0.2) is 6.20 Å². The van der Waals surface area contributed by atoms with Gasteiger partial charge in [-0.2, -0.15) is 5.10 Å². The van der Waals surface area contributed by atoms with Crippen molar-refractivity contribution < 1.29 is 14.4 Å². The normalized spacial score (nSPS) is 29.4. The molecule has 0 N–H and O–H groups in total. The Morgan fingerprint density at radius 2 is 2.33 bits per heavy atom. The van der Waals surface area contributed by atoms with E-state index < -0.39 is 11.2 Å². The molecule has 0 bridgehead atoms. The van der Waals surface area contributed by atoms with Crippen molar-refractivity contribution >= 4 is 5.69 Å². The molecule has 7 heteroatoms. The number of nitro groups is 1. The van der Waals surface area contributed by atoms with Crippen LogP contribution in [0.2, 0.25) is 0 Å². The van der Waals surface area contributed by atoms with Crippen LogP contribution in [0.25, 0.3) is 0 Å². The smallest absolute Gasteiger partial charge is 0.315 e. The van der Waals surface area contributed by atoms with Crippen LogP contribution in [0.5, 0.6) is 0 Å². The number of aromatic nitrogens is 2. The lowest BCUT2D eigenvalue weighted by atomic mass is 10.1. The number of nitrogens with zero attached hydrogens (tertiary/aromatic N) is 3. The summed E-state index contributed by atoms with van der Waals surface area (Å²) >= 11 is 0. The average Bonchev–Trinajstić information content (AvgIpc) is 2.88. The Balaban J connectivity index is 1.94. The maximum atomic E-state index is 11.0. The molecule has 1 spiro atoms. The maximum Gasteiger partial charge on any atom is 0.315 e. The molecule has 2 aliphatic rings. The highest BCUT2D eigenvalue weighted by atomic mass is 16.7. The van der Waals surface area contributed by atoms with E-state index in [1.54, 1.807) is 7.05 Å². The van der Waals surface area contributed by atoms with Gasteiger partial charge in [-0.25, -0.2) is 0 Å². The molecule has 1 aromatic rings. The van der Waals surface area contributed by atoms with Gasteiger partial charge >= 0.3 is 5.69 Å². The highest BCUT2D eigenvalue weighted by Gasteiger charge is 2.52. The van der Waals surface area contributed by atoms with E-state index in [4.69, 9.17) is 9.47 Å².